The molecule has 1 N–H and O–H groups in total. The van der Waals surface area contributed by atoms with Gasteiger partial charge in [-0.15, -0.1) is 0 Å². The first-order valence-corrected chi connectivity index (χ1v) is 7.80. The van der Waals surface area contributed by atoms with Gasteiger partial charge < -0.3 is 10.1 Å². The minimum atomic E-state index is 0.244. The first-order valence-electron chi connectivity index (χ1n) is 6.73. The molecule has 1 aromatic rings. The van der Waals surface area contributed by atoms with Crippen molar-refractivity contribution in [2.45, 2.75) is 38.8 Å². The zero-order chi connectivity index (χ0) is 12.8. The summed E-state index contributed by atoms with van der Waals surface area (Å²) in [5.74, 6) is 0.688. The molecule has 98 valence electrons. The number of rotatable bonds is 2. The minimum Gasteiger partial charge on any atom is -0.381 e. The number of nitrogens with one attached hydrogen (secondary N) is 1. The van der Waals surface area contributed by atoms with Crippen LogP contribution < -0.4 is 5.32 Å². The van der Waals surface area contributed by atoms with Crippen LogP contribution in [0.2, 0.25) is 0 Å². The van der Waals surface area contributed by atoms with Gasteiger partial charge in [0.25, 0.3) is 0 Å². The maximum absolute atomic E-state index is 5.94. The molecule has 0 bridgehead atoms. The van der Waals surface area contributed by atoms with Crippen LogP contribution in [0.5, 0.6) is 0 Å². The number of halogens is 1. The molecule has 0 aromatic heterocycles. The van der Waals surface area contributed by atoms with Gasteiger partial charge in [0.15, 0.2) is 0 Å². The van der Waals surface area contributed by atoms with Crippen LogP contribution >= 0.6 is 22.6 Å². The second-order valence-electron chi connectivity index (χ2n) is 6.05. The Hall–Kier alpha value is -0.290. The van der Waals surface area contributed by atoms with Crippen LogP contribution in [0.1, 0.15) is 26.7 Å². The molecule has 1 aromatic carbocycles. The molecule has 0 radical (unpaired) electrons. The molecular weight excluding hydrogens is 337 g/mol. The van der Waals surface area contributed by atoms with Gasteiger partial charge >= 0.3 is 0 Å². The zero-order valence-corrected chi connectivity index (χ0v) is 13.1. The largest absolute Gasteiger partial charge is 0.381 e. The van der Waals surface area contributed by atoms with Gasteiger partial charge in [-0.05, 0) is 59.7 Å². The third kappa shape index (κ3) is 2.05. The van der Waals surface area contributed by atoms with E-state index in [1.165, 1.54) is 22.1 Å². The van der Waals surface area contributed by atoms with Crippen molar-refractivity contribution >= 4 is 28.3 Å². The molecule has 2 nitrogen and oxygen atoms in total. The Kier molecular flexibility index (Phi) is 3.30. The van der Waals surface area contributed by atoms with Gasteiger partial charge in [0.05, 0.1) is 6.10 Å². The van der Waals surface area contributed by atoms with Crippen molar-refractivity contribution < 1.29 is 4.74 Å². The molecule has 3 rings (SSSR count). The Morgan fingerprint density at radius 2 is 2.00 bits per heavy atom. The van der Waals surface area contributed by atoms with Crippen molar-refractivity contribution in [1.82, 2.24) is 0 Å². The SMILES string of the molecule is CC1(C)C(Nc2ccc(I)cc2)C2CCCOC21. The second kappa shape index (κ2) is 4.67. The van der Waals surface area contributed by atoms with Gasteiger partial charge in [-0.25, -0.2) is 0 Å². The summed E-state index contributed by atoms with van der Waals surface area (Å²) < 4.78 is 7.22. The van der Waals surface area contributed by atoms with Gasteiger partial charge in [-0.1, -0.05) is 13.8 Å². The van der Waals surface area contributed by atoms with Crippen molar-refractivity contribution in [3.63, 3.8) is 0 Å². The molecule has 1 saturated heterocycles. The molecule has 3 unspecified atom stereocenters. The maximum Gasteiger partial charge on any atom is 0.0693 e. The number of hydrogen-bond donors (Lipinski definition) is 1. The second-order valence-corrected chi connectivity index (χ2v) is 7.29. The molecule has 18 heavy (non-hydrogen) atoms. The molecule has 2 fully saturated rings. The standard InChI is InChI=1S/C15H20INO/c1-15(2)13(12-4-3-9-18-14(12)15)17-11-7-5-10(16)6-8-11/h5-8,12-14,17H,3-4,9H2,1-2H3. The third-order valence-corrected chi connectivity index (χ3v) is 5.22. The van der Waals surface area contributed by atoms with E-state index in [1.54, 1.807) is 0 Å². The van der Waals surface area contributed by atoms with Crippen molar-refractivity contribution in [3.8, 4) is 0 Å². The van der Waals surface area contributed by atoms with Gasteiger partial charge in [0.2, 0.25) is 0 Å². The predicted molar refractivity (Wildman–Crippen MR) is 82.8 cm³/mol. The number of fused-ring (bicyclic) bond motifs is 1. The van der Waals surface area contributed by atoms with Gasteiger partial charge in [0.1, 0.15) is 0 Å². The molecule has 2 aliphatic rings. The highest BCUT2D eigenvalue weighted by Crippen LogP contribution is 2.52. The van der Waals surface area contributed by atoms with Crippen LogP contribution in [0.4, 0.5) is 5.69 Å². The number of ether oxygens (including phenoxy) is 1. The Morgan fingerprint density at radius 3 is 2.72 bits per heavy atom. The van der Waals surface area contributed by atoms with E-state index >= 15 is 0 Å². The van der Waals surface area contributed by atoms with Gasteiger partial charge in [-0.2, -0.15) is 0 Å². The lowest BCUT2D eigenvalue weighted by Gasteiger charge is -2.60. The Balaban J connectivity index is 1.74. The minimum absolute atomic E-state index is 0.244. The van der Waals surface area contributed by atoms with Gasteiger partial charge in [-0.3, -0.25) is 0 Å². The van der Waals surface area contributed by atoms with E-state index in [-0.39, 0.29) is 5.41 Å². The van der Waals surface area contributed by atoms with E-state index < -0.39 is 0 Å². The summed E-state index contributed by atoms with van der Waals surface area (Å²) in [6.07, 6.45) is 2.96. The Morgan fingerprint density at radius 1 is 1.28 bits per heavy atom. The normalized spacial score (nSPS) is 33.4. The van der Waals surface area contributed by atoms with E-state index in [9.17, 15) is 0 Å². The van der Waals surface area contributed by atoms with E-state index in [0.29, 0.717) is 18.1 Å². The summed E-state index contributed by atoms with van der Waals surface area (Å²) in [6.45, 7) is 5.59. The summed E-state index contributed by atoms with van der Waals surface area (Å²) in [4.78, 5) is 0. The van der Waals surface area contributed by atoms with Gasteiger partial charge in [0, 0.05) is 33.2 Å². The first-order chi connectivity index (χ1) is 8.59. The smallest absolute Gasteiger partial charge is 0.0693 e. The topological polar surface area (TPSA) is 21.3 Å². The third-order valence-electron chi connectivity index (χ3n) is 4.50. The average molecular weight is 357 g/mol. The number of benzene rings is 1. The Bertz CT molecular complexity index is 429. The lowest BCUT2D eigenvalue weighted by Crippen LogP contribution is -2.67. The highest BCUT2D eigenvalue weighted by atomic mass is 127. The summed E-state index contributed by atoms with van der Waals surface area (Å²) in [5.41, 5.74) is 1.48. The highest BCUT2D eigenvalue weighted by molar-refractivity contribution is 14.1. The predicted octanol–water partition coefficient (Wildman–Crippen LogP) is 3.91. The summed E-state index contributed by atoms with van der Waals surface area (Å²) >= 11 is 2.34. The monoisotopic (exact) mass is 357 g/mol. The summed E-state index contributed by atoms with van der Waals surface area (Å²) in [7, 11) is 0. The average Bonchev–Trinajstić information content (AvgIpc) is 2.38. The number of hydrogen-bond acceptors (Lipinski definition) is 2. The van der Waals surface area contributed by atoms with Crippen LogP contribution in [0.15, 0.2) is 24.3 Å². The zero-order valence-electron chi connectivity index (χ0n) is 10.9. The van der Waals surface area contributed by atoms with Crippen molar-refractivity contribution in [3.05, 3.63) is 27.8 Å². The fourth-order valence-corrected chi connectivity index (χ4v) is 3.90. The number of anilines is 1. The van der Waals surface area contributed by atoms with Crippen molar-refractivity contribution in [2.24, 2.45) is 11.3 Å². The molecule has 3 heteroatoms. The molecule has 1 aliphatic carbocycles. The van der Waals surface area contributed by atoms with Crippen molar-refractivity contribution in [2.75, 3.05) is 11.9 Å². The van der Waals surface area contributed by atoms with Crippen LogP contribution in [-0.2, 0) is 4.74 Å². The highest BCUT2D eigenvalue weighted by Gasteiger charge is 2.57. The van der Waals surface area contributed by atoms with E-state index in [4.69, 9.17) is 4.74 Å². The molecule has 0 spiro atoms. The van der Waals surface area contributed by atoms with E-state index in [2.05, 4.69) is 66.0 Å². The van der Waals surface area contributed by atoms with E-state index in [1.807, 2.05) is 0 Å². The lowest BCUT2D eigenvalue weighted by molar-refractivity contribution is -0.177. The molecule has 1 aliphatic heterocycles. The first kappa shape index (κ1) is 12.7. The fraction of sp³-hybridized carbons (Fsp3) is 0.600. The lowest BCUT2D eigenvalue weighted by atomic mass is 9.55. The van der Waals surface area contributed by atoms with Crippen LogP contribution in [0.3, 0.4) is 0 Å². The molecular formula is C15H20INO. The summed E-state index contributed by atoms with van der Waals surface area (Å²) in [6, 6.07) is 9.21. The fourth-order valence-electron chi connectivity index (χ4n) is 3.54. The molecule has 1 saturated carbocycles. The Labute approximate surface area is 123 Å². The molecule has 1 heterocycles. The van der Waals surface area contributed by atoms with Crippen LogP contribution in [-0.4, -0.2) is 18.8 Å². The van der Waals surface area contributed by atoms with Crippen LogP contribution in [0.25, 0.3) is 0 Å². The van der Waals surface area contributed by atoms with Crippen LogP contribution in [0, 0.1) is 14.9 Å². The van der Waals surface area contributed by atoms with E-state index in [0.717, 1.165) is 6.61 Å². The molecule has 3 atom stereocenters. The maximum atomic E-state index is 5.94. The quantitative estimate of drug-likeness (QED) is 0.811. The summed E-state index contributed by atoms with van der Waals surface area (Å²) in [5, 5.41) is 3.71. The molecule has 0 amide bonds. The van der Waals surface area contributed by atoms with Crippen molar-refractivity contribution in [1.29, 1.82) is 0 Å².